The Morgan fingerprint density at radius 2 is 1.43 bits per heavy atom. The second-order valence-electron chi connectivity index (χ2n) is 13.2. The van der Waals surface area contributed by atoms with Gasteiger partial charge in [0.25, 0.3) is 0 Å². The first-order valence-electron chi connectivity index (χ1n) is 18.0. The monoisotopic (exact) mass is 757 g/mol. The van der Waals surface area contributed by atoms with Crippen molar-refractivity contribution in [2.75, 3.05) is 38.8 Å². The summed E-state index contributed by atoms with van der Waals surface area (Å²) in [5.74, 6) is -1.59. The molecule has 4 aromatic carbocycles. The van der Waals surface area contributed by atoms with E-state index in [1.807, 2.05) is 109 Å². The molecule has 1 aliphatic heterocycles. The third kappa shape index (κ3) is 8.45. The number of anilines is 1. The number of nitrogens with one attached hydrogen (secondary N) is 2. The van der Waals surface area contributed by atoms with E-state index in [-0.39, 0.29) is 31.6 Å². The third-order valence-electron chi connectivity index (χ3n) is 9.78. The second kappa shape index (κ2) is 17.1. The van der Waals surface area contributed by atoms with E-state index < -0.39 is 61.0 Å². The average Bonchev–Trinajstić information content (AvgIpc) is 3.81. The van der Waals surface area contributed by atoms with Crippen LogP contribution in [0.15, 0.2) is 126 Å². The van der Waals surface area contributed by atoms with Gasteiger partial charge >= 0.3 is 23.8 Å². The van der Waals surface area contributed by atoms with Gasteiger partial charge in [-0.2, -0.15) is 4.98 Å². The summed E-state index contributed by atoms with van der Waals surface area (Å²) in [5.41, 5.74) is 4.96. The summed E-state index contributed by atoms with van der Waals surface area (Å²) in [7, 11) is 1.19. The topological polar surface area (TPSA) is 167 Å². The number of hydrogen-bond donors (Lipinski definition) is 2. The second-order valence-corrected chi connectivity index (χ2v) is 13.2. The van der Waals surface area contributed by atoms with Crippen LogP contribution < -0.4 is 16.3 Å². The molecular formula is C42H39N5O9. The Hall–Kier alpha value is -6.80. The number of aromatic nitrogens is 2. The van der Waals surface area contributed by atoms with Gasteiger partial charge in [0.1, 0.15) is 25.5 Å². The van der Waals surface area contributed by atoms with Gasteiger partial charge < -0.3 is 29.2 Å². The summed E-state index contributed by atoms with van der Waals surface area (Å²) in [6, 6.07) is 34.2. The third-order valence-corrected chi connectivity index (χ3v) is 9.78. The number of ether oxygens (including phenoxy) is 4. The van der Waals surface area contributed by atoms with Gasteiger partial charge in [0.15, 0.2) is 6.10 Å². The van der Waals surface area contributed by atoms with Gasteiger partial charge in [-0.05, 0) is 39.4 Å². The summed E-state index contributed by atoms with van der Waals surface area (Å²) < 4.78 is 23.0. The van der Waals surface area contributed by atoms with Gasteiger partial charge in [0.05, 0.1) is 32.4 Å². The molecule has 1 fully saturated rings. The number of carbonyl (C=O) groups excluding carboxylic acids is 4. The molecule has 0 spiro atoms. The molecule has 14 heteroatoms. The smallest absolute Gasteiger partial charge is 0.413 e. The van der Waals surface area contributed by atoms with E-state index in [0.29, 0.717) is 0 Å². The normalized spacial score (nSPS) is 15.7. The van der Waals surface area contributed by atoms with Crippen LogP contribution in [-0.2, 0) is 35.1 Å². The molecule has 1 aromatic heterocycles. The molecule has 286 valence electrons. The Kier molecular flexibility index (Phi) is 11.5. The van der Waals surface area contributed by atoms with Crippen molar-refractivity contribution in [1.82, 2.24) is 19.8 Å². The fraction of sp³-hybridized carbons (Fsp3) is 0.238. The molecule has 1 unspecified atom stereocenters. The van der Waals surface area contributed by atoms with E-state index >= 15 is 0 Å². The molecular weight excluding hydrogens is 718 g/mol. The quantitative estimate of drug-likeness (QED) is 0.132. The zero-order valence-corrected chi connectivity index (χ0v) is 30.4. The minimum Gasteiger partial charge on any atom is -0.468 e. The summed E-state index contributed by atoms with van der Waals surface area (Å²) in [6.45, 7) is -0.840. The number of hydrogen-bond acceptors (Lipinski definition) is 10. The fourth-order valence-corrected chi connectivity index (χ4v) is 7.05. The van der Waals surface area contributed by atoms with Crippen LogP contribution in [0.25, 0.3) is 11.1 Å². The van der Waals surface area contributed by atoms with E-state index in [9.17, 15) is 24.0 Å². The molecule has 1 saturated heterocycles. The van der Waals surface area contributed by atoms with Crippen LogP contribution in [0, 0.1) is 0 Å². The van der Waals surface area contributed by atoms with Crippen molar-refractivity contribution >= 4 is 29.9 Å². The zero-order chi connectivity index (χ0) is 39.0. The largest absolute Gasteiger partial charge is 0.468 e. The fourth-order valence-electron chi connectivity index (χ4n) is 7.05. The van der Waals surface area contributed by atoms with Crippen LogP contribution >= 0.6 is 0 Å². The number of alkyl carbamates (subject to hydrolysis) is 1. The van der Waals surface area contributed by atoms with Crippen LogP contribution in [0.4, 0.5) is 15.4 Å². The lowest BCUT2D eigenvalue weighted by atomic mass is 9.98. The van der Waals surface area contributed by atoms with Crippen molar-refractivity contribution < 1.29 is 38.1 Å². The van der Waals surface area contributed by atoms with Gasteiger partial charge in [-0.1, -0.05) is 109 Å². The number of fused-ring (bicyclic) bond motifs is 3. The van der Waals surface area contributed by atoms with Gasteiger partial charge in [0, 0.05) is 12.1 Å². The molecule has 7 rings (SSSR count). The van der Waals surface area contributed by atoms with Crippen LogP contribution in [0.5, 0.6) is 0 Å². The van der Waals surface area contributed by atoms with Gasteiger partial charge in [-0.25, -0.2) is 14.4 Å². The number of benzene rings is 4. The van der Waals surface area contributed by atoms with Crippen LogP contribution in [0.3, 0.4) is 0 Å². The highest BCUT2D eigenvalue weighted by Crippen LogP contribution is 2.44. The van der Waals surface area contributed by atoms with Crippen molar-refractivity contribution in [2.24, 2.45) is 0 Å². The lowest BCUT2D eigenvalue weighted by Gasteiger charge is -2.31. The predicted molar refractivity (Wildman–Crippen MR) is 204 cm³/mol. The molecule has 5 aromatic rings. The van der Waals surface area contributed by atoms with E-state index in [1.165, 1.54) is 24.3 Å². The summed E-state index contributed by atoms with van der Waals surface area (Å²) in [4.78, 5) is 70.6. The number of nitrogens with zero attached hydrogens (tertiary/aromatic N) is 3. The Morgan fingerprint density at radius 1 is 0.821 bits per heavy atom. The van der Waals surface area contributed by atoms with Crippen molar-refractivity contribution in [2.45, 2.75) is 30.7 Å². The van der Waals surface area contributed by atoms with E-state index in [2.05, 4.69) is 15.6 Å². The van der Waals surface area contributed by atoms with Crippen LogP contribution in [0.1, 0.15) is 34.3 Å². The van der Waals surface area contributed by atoms with Crippen LogP contribution in [-0.4, -0.2) is 84.1 Å². The zero-order valence-electron chi connectivity index (χ0n) is 30.4. The van der Waals surface area contributed by atoms with Crippen molar-refractivity contribution in [3.8, 4) is 11.1 Å². The Bertz CT molecular complexity index is 2180. The number of rotatable bonds is 12. The van der Waals surface area contributed by atoms with E-state index in [1.54, 1.807) is 0 Å². The maximum absolute atomic E-state index is 13.8. The maximum atomic E-state index is 13.8. The Labute approximate surface area is 322 Å². The van der Waals surface area contributed by atoms with E-state index in [0.717, 1.165) is 37.9 Å². The first-order valence-corrected chi connectivity index (χ1v) is 18.0. The Morgan fingerprint density at radius 3 is 2.04 bits per heavy atom. The SMILES string of the molecule is COC(=O)CN(C(=O)Cn1ccc(NC(=O)OC(c2ccccc2)c2ccccc2)nc1=O)C1COC[C@@H]1NC(=O)OCC1c2ccccc2-c2ccccc21. The lowest BCUT2D eigenvalue weighted by molar-refractivity contribution is -0.149. The molecule has 1 aliphatic carbocycles. The van der Waals surface area contributed by atoms with Gasteiger partial charge in [-0.3, -0.25) is 19.5 Å². The average molecular weight is 758 g/mol. The molecule has 0 radical (unpaired) electrons. The molecule has 2 atom stereocenters. The highest BCUT2D eigenvalue weighted by Gasteiger charge is 2.39. The number of amides is 3. The molecule has 2 heterocycles. The van der Waals surface area contributed by atoms with Crippen LogP contribution in [0.2, 0.25) is 0 Å². The van der Waals surface area contributed by atoms with Crippen molar-refractivity contribution in [3.05, 3.63) is 154 Å². The molecule has 56 heavy (non-hydrogen) atoms. The standard InChI is InChI=1S/C42H39N5O9/c1-53-38(49)23-47(35-26-54-25-34(35)43-41(51)55-24-33-31-18-10-8-16-29(31)30-17-9-11-19-32(30)33)37(48)22-46-21-20-36(44-40(46)50)45-42(52)56-39(27-12-4-2-5-13-27)28-14-6-3-7-15-28/h2-21,33-35,39H,22-26H2,1H3,(H,43,51)(H,44,45,50,52)/t34-,35?/m0/s1. The lowest BCUT2D eigenvalue weighted by Crippen LogP contribution is -2.55. The van der Waals surface area contributed by atoms with Gasteiger partial charge in [0.2, 0.25) is 5.91 Å². The molecule has 3 amide bonds. The predicted octanol–water partition coefficient (Wildman–Crippen LogP) is 4.89. The molecule has 0 saturated carbocycles. The number of carbonyl (C=O) groups is 4. The highest BCUT2D eigenvalue weighted by atomic mass is 16.6. The molecule has 2 aliphatic rings. The first kappa shape index (κ1) is 37.5. The first-order chi connectivity index (χ1) is 27.3. The summed E-state index contributed by atoms with van der Waals surface area (Å²) in [5, 5.41) is 5.28. The number of esters is 1. The molecule has 2 N–H and O–H groups in total. The van der Waals surface area contributed by atoms with Crippen molar-refractivity contribution in [3.63, 3.8) is 0 Å². The van der Waals surface area contributed by atoms with Gasteiger partial charge in [-0.15, -0.1) is 0 Å². The highest BCUT2D eigenvalue weighted by molar-refractivity contribution is 5.84. The summed E-state index contributed by atoms with van der Waals surface area (Å²) >= 11 is 0. The number of methoxy groups -OCH3 is 1. The molecule has 14 nitrogen and oxygen atoms in total. The minimum absolute atomic E-state index is 0.00211. The maximum Gasteiger partial charge on any atom is 0.413 e. The Balaban J connectivity index is 0.989. The van der Waals surface area contributed by atoms with E-state index in [4.69, 9.17) is 18.9 Å². The summed E-state index contributed by atoms with van der Waals surface area (Å²) in [6.07, 6.45) is -0.983. The van der Waals surface area contributed by atoms with Crippen molar-refractivity contribution in [1.29, 1.82) is 0 Å². The molecule has 0 bridgehead atoms. The minimum atomic E-state index is -0.844.